The van der Waals surface area contributed by atoms with Gasteiger partial charge in [0, 0.05) is 32.4 Å². The third-order valence-electron chi connectivity index (χ3n) is 11.8. The van der Waals surface area contributed by atoms with Crippen LogP contribution in [0.2, 0.25) is 0 Å². The van der Waals surface area contributed by atoms with Gasteiger partial charge in [-0.05, 0) is 110 Å². The second kappa shape index (κ2) is 50.8. The molecule has 1 N–H and O–H groups in total. The summed E-state index contributed by atoms with van der Waals surface area (Å²) in [6, 6.07) is 0. The summed E-state index contributed by atoms with van der Waals surface area (Å²) in [6.45, 7) is 14.1. The lowest BCUT2D eigenvalue weighted by Gasteiger charge is -2.21. The molecule has 0 aliphatic rings. The Morgan fingerprint density at radius 1 is 0.349 bits per heavy atom. The normalized spacial score (nSPS) is 11.8. The number of aliphatic hydroxyl groups is 1. The summed E-state index contributed by atoms with van der Waals surface area (Å²) in [5.74, 6) is -0.459. The van der Waals surface area contributed by atoms with Crippen LogP contribution in [-0.2, 0) is 28.6 Å². The molecule has 0 aromatic rings. The van der Waals surface area contributed by atoms with E-state index < -0.39 is 0 Å². The van der Waals surface area contributed by atoms with Crippen molar-refractivity contribution < 1.29 is 33.7 Å². The first-order chi connectivity index (χ1) is 31.0. The van der Waals surface area contributed by atoms with Gasteiger partial charge in [-0.25, -0.2) is 0 Å². The molecule has 370 valence electrons. The average Bonchev–Trinajstić information content (AvgIpc) is 3.27. The summed E-state index contributed by atoms with van der Waals surface area (Å²) in [7, 11) is 0. The van der Waals surface area contributed by atoms with Crippen LogP contribution in [0, 0.1) is 0 Å². The summed E-state index contributed by atoms with van der Waals surface area (Å²) in [5, 5.41) is 9.53. The van der Waals surface area contributed by atoms with Crippen molar-refractivity contribution in [3.8, 4) is 0 Å². The highest BCUT2D eigenvalue weighted by Crippen LogP contribution is 2.13. The van der Waals surface area contributed by atoms with E-state index in [1.165, 1.54) is 142 Å². The average molecular weight is 891 g/mol. The molecular weight excluding hydrogens is 789 g/mol. The molecule has 0 rings (SSSR count). The monoisotopic (exact) mass is 891 g/mol. The fourth-order valence-electron chi connectivity index (χ4n) is 7.94. The number of ether oxygens (including phenoxy) is 3. The van der Waals surface area contributed by atoms with Crippen molar-refractivity contribution in [3.05, 3.63) is 24.3 Å². The van der Waals surface area contributed by atoms with Gasteiger partial charge in [0.2, 0.25) is 0 Å². The van der Waals surface area contributed by atoms with E-state index >= 15 is 0 Å². The first kappa shape index (κ1) is 60.8. The van der Waals surface area contributed by atoms with E-state index in [0.29, 0.717) is 25.9 Å². The van der Waals surface area contributed by atoms with Crippen LogP contribution in [0.1, 0.15) is 239 Å². The summed E-state index contributed by atoms with van der Waals surface area (Å²) in [6.07, 6.45) is 46.2. The summed E-state index contributed by atoms with van der Waals surface area (Å²) >= 11 is 0. The molecule has 63 heavy (non-hydrogen) atoms. The van der Waals surface area contributed by atoms with Gasteiger partial charge < -0.3 is 29.1 Å². The number of unbranched alkanes of at least 4 members (excludes halogenated alkanes) is 23. The number of rotatable bonds is 50. The van der Waals surface area contributed by atoms with E-state index in [2.05, 4.69) is 54.9 Å². The van der Waals surface area contributed by atoms with E-state index in [4.69, 9.17) is 14.2 Å². The lowest BCUT2D eigenvalue weighted by Crippen LogP contribution is -2.29. The molecule has 0 saturated carbocycles. The molecule has 9 nitrogen and oxygen atoms in total. The van der Waals surface area contributed by atoms with Crippen molar-refractivity contribution in [2.24, 2.45) is 0 Å². The second-order valence-corrected chi connectivity index (χ2v) is 17.9. The topological polar surface area (TPSA) is 106 Å². The van der Waals surface area contributed by atoms with E-state index in [1.807, 2.05) is 0 Å². The molecule has 0 atom stereocenters. The third kappa shape index (κ3) is 47.5. The zero-order valence-corrected chi connectivity index (χ0v) is 41.7. The van der Waals surface area contributed by atoms with E-state index in [1.54, 1.807) is 0 Å². The molecule has 0 spiro atoms. The minimum atomic E-state index is -0.205. The highest BCUT2D eigenvalue weighted by Gasteiger charge is 2.08. The Morgan fingerprint density at radius 2 is 0.698 bits per heavy atom. The van der Waals surface area contributed by atoms with Crippen molar-refractivity contribution in [2.45, 2.75) is 239 Å². The Hall–Kier alpha value is -2.23. The van der Waals surface area contributed by atoms with Gasteiger partial charge in [0.25, 0.3) is 0 Å². The lowest BCUT2D eigenvalue weighted by molar-refractivity contribution is -0.152. The van der Waals surface area contributed by atoms with Crippen LogP contribution in [0.4, 0.5) is 0 Å². The van der Waals surface area contributed by atoms with E-state index in [9.17, 15) is 19.5 Å². The van der Waals surface area contributed by atoms with Crippen LogP contribution in [0.3, 0.4) is 0 Å². The van der Waals surface area contributed by atoms with Crippen molar-refractivity contribution >= 4 is 17.9 Å². The predicted molar refractivity (Wildman–Crippen MR) is 265 cm³/mol. The Bertz CT molecular complexity index is 1050. The van der Waals surface area contributed by atoms with Crippen molar-refractivity contribution in [2.75, 3.05) is 65.7 Å². The van der Waals surface area contributed by atoms with Crippen LogP contribution in [0.15, 0.2) is 24.3 Å². The Labute approximate surface area is 389 Å². The number of hydrogen-bond acceptors (Lipinski definition) is 9. The number of esters is 3. The number of hydrogen-bond donors (Lipinski definition) is 1. The minimum Gasteiger partial charge on any atom is -0.465 e. The number of carbonyl (C=O) groups excluding carboxylic acids is 3. The molecule has 0 heterocycles. The Kier molecular flexibility index (Phi) is 49.0. The minimum absolute atomic E-state index is 0.0596. The van der Waals surface area contributed by atoms with Gasteiger partial charge in [0.1, 0.15) is 13.2 Å². The Balaban J connectivity index is 3.62. The summed E-state index contributed by atoms with van der Waals surface area (Å²) in [5.41, 5.74) is 0. The zero-order chi connectivity index (χ0) is 45.9. The van der Waals surface area contributed by atoms with Gasteiger partial charge in [-0.3, -0.25) is 14.4 Å². The van der Waals surface area contributed by atoms with Crippen LogP contribution in [0.25, 0.3) is 0 Å². The molecule has 0 unspecified atom stereocenters. The number of nitrogens with zero attached hydrogens (tertiary/aromatic N) is 2. The molecule has 9 heteroatoms. The van der Waals surface area contributed by atoms with Gasteiger partial charge in [0.15, 0.2) is 0 Å². The summed E-state index contributed by atoms with van der Waals surface area (Å²) < 4.78 is 15.9. The largest absolute Gasteiger partial charge is 0.465 e. The van der Waals surface area contributed by atoms with Crippen molar-refractivity contribution in [1.29, 1.82) is 0 Å². The molecule has 0 amide bonds. The molecule has 0 bridgehead atoms. The molecular formula is C54H102N2O7. The van der Waals surface area contributed by atoms with Crippen molar-refractivity contribution in [1.82, 2.24) is 9.80 Å². The fourth-order valence-corrected chi connectivity index (χ4v) is 7.94. The number of carbonyl (C=O) groups is 3. The van der Waals surface area contributed by atoms with E-state index in [-0.39, 0.29) is 37.7 Å². The first-order valence-electron chi connectivity index (χ1n) is 26.8. The molecule has 0 fully saturated rings. The van der Waals surface area contributed by atoms with Crippen LogP contribution >= 0.6 is 0 Å². The SMILES string of the molecule is CCCCC/C=C\CCOC(=O)CCCCCCCCCN(CCO)CCCCCCCCCC(=O)OCCOC(=O)CCCCCCCCN(CCC)CC/C=C\CCCCC. The third-order valence-corrected chi connectivity index (χ3v) is 11.8. The van der Waals surface area contributed by atoms with E-state index in [0.717, 1.165) is 96.7 Å². The first-order valence-corrected chi connectivity index (χ1v) is 26.8. The van der Waals surface area contributed by atoms with Crippen LogP contribution in [-0.4, -0.2) is 98.5 Å². The molecule has 0 aliphatic heterocycles. The van der Waals surface area contributed by atoms with Crippen LogP contribution in [0.5, 0.6) is 0 Å². The standard InChI is InChI=1S/C54H102N2O7/c1-4-7-9-11-18-26-34-43-55(42-6-3)44-35-29-21-17-25-33-41-54(60)63-51-50-62-53(59)40-32-24-16-14-20-28-37-46-56(47-48-57)45-36-27-19-13-15-23-31-39-52(58)61-49-38-30-22-12-10-8-5-2/h18,22,26,30,57H,4-17,19-21,23-25,27-29,31-51H2,1-3H3/b26-18-,30-22-. The summed E-state index contributed by atoms with van der Waals surface area (Å²) in [4.78, 5) is 41.2. The maximum Gasteiger partial charge on any atom is 0.305 e. The maximum absolute atomic E-state index is 12.1. The zero-order valence-electron chi connectivity index (χ0n) is 41.7. The molecule has 0 aliphatic carbocycles. The fraction of sp³-hybridized carbons (Fsp3) is 0.870. The Morgan fingerprint density at radius 3 is 1.10 bits per heavy atom. The van der Waals surface area contributed by atoms with Crippen molar-refractivity contribution in [3.63, 3.8) is 0 Å². The molecule has 0 aromatic carbocycles. The highest BCUT2D eigenvalue weighted by molar-refractivity contribution is 5.70. The molecule has 0 radical (unpaired) electrons. The van der Waals surface area contributed by atoms with Gasteiger partial charge in [-0.1, -0.05) is 161 Å². The van der Waals surface area contributed by atoms with Gasteiger partial charge >= 0.3 is 17.9 Å². The lowest BCUT2D eigenvalue weighted by atomic mass is 10.1. The molecule has 0 saturated heterocycles. The van der Waals surface area contributed by atoms with Gasteiger partial charge in [-0.2, -0.15) is 0 Å². The van der Waals surface area contributed by atoms with Gasteiger partial charge in [0.05, 0.1) is 13.2 Å². The number of aliphatic hydroxyl groups excluding tert-OH is 1. The number of allylic oxidation sites excluding steroid dienone is 2. The highest BCUT2D eigenvalue weighted by atomic mass is 16.6. The quantitative estimate of drug-likeness (QED) is 0.0277. The smallest absolute Gasteiger partial charge is 0.305 e. The van der Waals surface area contributed by atoms with Gasteiger partial charge in [-0.15, -0.1) is 0 Å². The molecule has 0 aromatic heterocycles. The van der Waals surface area contributed by atoms with Crippen LogP contribution < -0.4 is 0 Å². The predicted octanol–water partition coefficient (Wildman–Crippen LogP) is 13.6. The second-order valence-electron chi connectivity index (χ2n) is 17.9. The maximum atomic E-state index is 12.1.